The van der Waals surface area contributed by atoms with Gasteiger partial charge in [-0.3, -0.25) is 0 Å². The van der Waals surface area contributed by atoms with Gasteiger partial charge < -0.3 is 15.0 Å². The fourth-order valence-electron chi connectivity index (χ4n) is 1.86. The molecular formula is C13H16ClN3O. The Balaban J connectivity index is 2.23. The van der Waals surface area contributed by atoms with E-state index in [9.17, 15) is 5.11 Å². The van der Waals surface area contributed by atoms with Gasteiger partial charge in [0, 0.05) is 6.54 Å². The highest BCUT2D eigenvalue weighted by Gasteiger charge is 2.15. The molecule has 5 heteroatoms. The minimum absolute atomic E-state index is 0.0169. The first kappa shape index (κ1) is 12.9. The molecule has 0 fully saturated rings. The molecule has 1 aromatic heterocycles. The number of hydrogen-bond donors (Lipinski definition) is 2. The number of para-hydroxylation sites is 1. The number of aryl methyl sites for hydroxylation is 1. The normalized spacial score (nSPS) is 12.4. The molecule has 4 nitrogen and oxygen atoms in total. The number of hydrogen-bond acceptors (Lipinski definition) is 3. The molecule has 0 aliphatic heterocycles. The van der Waals surface area contributed by atoms with Gasteiger partial charge in [0.1, 0.15) is 0 Å². The number of nitrogens with one attached hydrogen (secondary N) is 1. The Hall–Kier alpha value is -1.52. The lowest BCUT2D eigenvalue weighted by molar-refractivity contribution is 0.272. The van der Waals surface area contributed by atoms with Crippen molar-refractivity contribution in [2.45, 2.75) is 19.5 Å². The van der Waals surface area contributed by atoms with Crippen LogP contribution in [0, 0.1) is 0 Å². The highest BCUT2D eigenvalue weighted by atomic mass is 35.5. The van der Waals surface area contributed by atoms with Crippen molar-refractivity contribution in [2.24, 2.45) is 0 Å². The molecule has 96 valence electrons. The van der Waals surface area contributed by atoms with Crippen molar-refractivity contribution in [3.05, 3.63) is 47.5 Å². The van der Waals surface area contributed by atoms with E-state index in [1.165, 1.54) is 0 Å². The lowest BCUT2D eigenvalue weighted by atomic mass is 10.2. The first-order valence-corrected chi connectivity index (χ1v) is 6.26. The number of rotatable bonds is 5. The summed E-state index contributed by atoms with van der Waals surface area (Å²) in [4.78, 5) is 4.10. The van der Waals surface area contributed by atoms with Crippen LogP contribution in [0.2, 0.25) is 5.02 Å². The van der Waals surface area contributed by atoms with Gasteiger partial charge in [-0.1, -0.05) is 23.7 Å². The molecule has 2 aromatic rings. The fraction of sp³-hybridized carbons (Fsp3) is 0.308. The molecule has 18 heavy (non-hydrogen) atoms. The van der Waals surface area contributed by atoms with Gasteiger partial charge in [-0.25, -0.2) is 4.98 Å². The molecule has 1 unspecified atom stereocenters. The molecule has 0 amide bonds. The Morgan fingerprint density at radius 2 is 2.22 bits per heavy atom. The number of aliphatic hydroxyl groups is 1. The molecule has 1 heterocycles. The van der Waals surface area contributed by atoms with Crippen molar-refractivity contribution >= 4 is 17.3 Å². The zero-order valence-electron chi connectivity index (χ0n) is 10.2. The molecule has 0 aliphatic rings. The average Bonchev–Trinajstić information content (AvgIpc) is 2.86. The lowest BCUT2D eigenvalue weighted by Crippen LogP contribution is -2.18. The first-order chi connectivity index (χ1) is 8.76. The van der Waals surface area contributed by atoms with E-state index in [1.807, 2.05) is 35.8 Å². The van der Waals surface area contributed by atoms with Gasteiger partial charge in [-0.2, -0.15) is 0 Å². The van der Waals surface area contributed by atoms with E-state index < -0.39 is 0 Å². The summed E-state index contributed by atoms with van der Waals surface area (Å²) in [7, 11) is 0. The Labute approximate surface area is 111 Å². The van der Waals surface area contributed by atoms with E-state index in [-0.39, 0.29) is 12.6 Å². The molecule has 1 atom stereocenters. The van der Waals surface area contributed by atoms with Gasteiger partial charge >= 0.3 is 0 Å². The van der Waals surface area contributed by atoms with Crippen LogP contribution in [0.15, 0.2) is 36.8 Å². The van der Waals surface area contributed by atoms with Gasteiger partial charge in [0.15, 0.2) is 0 Å². The zero-order chi connectivity index (χ0) is 13.0. The van der Waals surface area contributed by atoms with Gasteiger partial charge in [-0.15, -0.1) is 0 Å². The van der Waals surface area contributed by atoms with Crippen LogP contribution in [0.1, 0.15) is 18.7 Å². The summed E-state index contributed by atoms with van der Waals surface area (Å²) in [6.45, 7) is 2.84. The number of nitrogens with zero attached hydrogens (tertiary/aromatic N) is 2. The predicted octanol–water partition coefficient (Wildman–Crippen LogP) is 2.70. The largest absolute Gasteiger partial charge is 0.394 e. The number of anilines is 1. The quantitative estimate of drug-likeness (QED) is 0.874. The van der Waals surface area contributed by atoms with Crippen molar-refractivity contribution in [3.8, 4) is 0 Å². The van der Waals surface area contributed by atoms with Crippen molar-refractivity contribution in [1.29, 1.82) is 0 Å². The minimum Gasteiger partial charge on any atom is -0.394 e. The Morgan fingerprint density at radius 1 is 1.44 bits per heavy atom. The summed E-state index contributed by atoms with van der Waals surface area (Å²) in [5.41, 5.74) is 1.75. The second kappa shape index (κ2) is 5.89. The topological polar surface area (TPSA) is 50.1 Å². The first-order valence-electron chi connectivity index (χ1n) is 5.88. The molecule has 2 N–H and O–H groups in total. The number of halogens is 1. The van der Waals surface area contributed by atoms with E-state index in [4.69, 9.17) is 11.6 Å². The van der Waals surface area contributed by atoms with E-state index in [0.29, 0.717) is 5.02 Å². The van der Waals surface area contributed by atoms with Gasteiger partial charge in [0.25, 0.3) is 0 Å². The molecule has 0 radical (unpaired) electrons. The fourth-order valence-corrected chi connectivity index (χ4v) is 2.05. The second-order valence-corrected chi connectivity index (χ2v) is 4.37. The maximum absolute atomic E-state index is 9.52. The lowest BCUT2D eigenvalue weighted by Gasteiger charge is -2.19. The second-order valence-electron chi connectivity index (χ2n) is 3.96. The maximum atomic E-state index is 9.52. The molecule has 0 saturated heterocycles. The van der Waals surface area contributed by atoms with Crippen LogP contribution in [0.5, 0.6) is 0 Å². The van der Waals surface area contributed by atoms with Gasteiger partial charge in [0.05, 0.1) is 41.6 Å². The molecule has 0 aliphatic carbocycles. The zero-order valence-corrected chi connectivity index (χ0v) is 10.9. The number of aliphatic hydroxyl groups excluding tert-OH is 1. The van der Waals surface area contributed by atoms with Crippen LogP contribution < -0.4 is 5.32 Å². The van der Waals surface area contributed by atoms with Gasteiger partial charge in [-0.05, 0) is 19.1 Å². The average molecular weight is 266 g/mol. The number of aromatic nitrogens is 2. The standard InChI is InChI=1S/C13H16ClN3O/c1-2-17-9-15-7-13(17)12(8-18)16-11-6-4-3-5-10(11)14/h3-7,9,12,16,18H,2,8H2,1H3. The summed E-state index contributed by atoms with van der Waals surface area (Å²) in [5.74, 6) is 0. The summed E-state index contributed by atoms with van der Waals surface area (Å²) in [5, 5.41) is 13.4. The minimum atomic E-state index is -0.215. The Morgan fingerprint density at radius 3 is 2.89 bits per heavy atom. The van der Waals surface area contributed by atoms with Crippen molar-refractivity contribution in [1.82, 2.24) is 9.55 Å². The molecule has 2 rings (SSSR count). The molecular weight excluding hydrogens is 250 g/mol. The third-order valence-corrected chi connectivity index (χ3v) is 3.16. The number of imidazole rings is 1. The summed E-state index contributed by atoms with van der Waals surface area (Å²) in [6, 6.07) is 7.26. The SMILES string of the molecule is CCn1cncc1C(CO)Nc1ccccc1Cl. The van der Waals surface area contributed by atoms with Crippen LogP contribution in [-0.2, 0) is 6.54 Å². The Kier molecular flexibility index (Phi) is 4.23. The van der Waals surface area contributed by atoms with Crippen molar-refractivity contribution in [2.75, 3.05) is 11.9 Å². The molecule has 0 spiro atoms. The summed E-state index contributed by atoms with van der Waals surface area (Å²) < 4.78 is 1.99. The van der Waals surface area contributed by atoms with Crippen LogP contribution in [-0.4, -0.2) is 21.3 Å². The highest BCUT2D eigenvalue weighted by molar-refractivity contribution is 6.33. The smallest absolute Gasteiger partial charge is 0.0948 e. The van der Waals surface area contributed by atoms with Crippen LogP contribution >= 0.6 is 11.6 Å². The van der Waals surface area contributed by atoms with E-state index in [1.54, 1.807) is 12.5 Å². The monoisotopic (exact) mass is 265 g/mol. The summed E-state index contributed by atoms with van der Waals surface area (Å²) in [6.07, 6.45) is 3.51. The predicted molar refractivity (Wildman–Crippen MR) is 72.8 cm³/mol. The van der Waals surface area contributed by atoms with Crippen LogP contribution in [0.3, 0.4) is 0 Å². The maximum Gasteiger partial charge on any atom is 0.0948 e. The van der Waals surface area contributed by atoms with Crippen molar-refractivity contribution < 1.29 is 5.11 Å². The van der Waals surface area contributed by atoms with E-state index in [0.717, 1.165) is 17.9 Å². The summed E-state index contributed by atoms with van der Waals surface area (Å²) >= 11 is 6.09. The number of benzene rings is 1. The van der Waals surface area contributed by atoms with Gasteiger partial charge in [0.2, 0.25) is 0 Å². The van der Waals surface area contributed by atoms with Crippen LogP contribution in [0.4, 0.5) is 5.69 Å². The molecule has 1 aromatic carbocycles. The third kappa shape index (κ3) is 2.66. The van der Waals surface area contributed by atoms with E-state index in [2.05, 4.69) is 10.3 Å². The molecule has 0 bridgehead atoms. The van der Waals surface area contributed by atoms with E-state index >= 15 is 0 Å². The molecule has 0 saturated carbocycles. The van der Waals surface area contributed by atoms with Crippen molar-refractivity contribution in [3.63, 3.8) is 0 Å². The highest BCUT2D eigenvalue weighted by Crippen LogP contribution is 2.25. The Bertz CT molecular complexity index is 512. The van der Waals surface area contributed by atoms with Crippen LogP contribution in [0.25, 0.3) is 0 Å². The third-order valence-electron chi connectivity index (χ3n) is 2.83.